The molecule has 9 N–H and O–H groups in total. The Hall–Kier alpha value is -9.18. The number of rotatable bonds is 16. The first-order valence-corrected chi connectivity index (χ1v) is 19.7. The summed E-state index contributed by atoms with van der Waals surface area (Å²) in [5, 5.41) is 20.7. The molecule has 2 aromatic heterocycles. The molecule has 7 aromatic rings. The highest BCUT2D eigenvalue weighted by atomic mass is 16.2. The second kappa shape index (κ2) is 21.9. The molecular weight excluding hydrogens is 809 g/mol. The number of nitrogens with zero attached hydrogens (tertiary/aromatic N) is 4. The summed E-state index contributed by atoms with van der Waals surface area (Å²) in [4.78, 5) is 65.4. The van der Waals surface area contributed by atoms with Crippen molar-refractivity contribution in [2.75, 3.05) is 31.9 Å². The van der Waals surface area contributed by atoms with Crippen molar-refractivity contribution in [1.82, 2.24) is 25.3 Å². The molecule has 16 heteroatoms. The molecule has 5 aromatic carbocycles. The van der Waals surface area contributed by atoms with E-state index in [9.17, 15) is 19.2 Å². The van der Waals surface area contributed by atoms with Crippen molar-refractivity contribution in [2.45, 2.75) is 13.5 Å². The Kier molecular flexibility index (Phi) is 15.2. The molecule has 0 saturated heterocycles. The van der Waals surface area contributed by atoms with Crippen LogP contribution in [0.1, 0.15) is 31.8 Å². The minimum atomic E-state index is -0.662. The molecule has 0 radical (unpaired) electrons. The van der Waals surface area contributed by atoms with Crippen LogP contribution < -0.4 is 43.0 Å². The maximum atomic E-state index is 13.1. The average Bonchev–Trinajstić information content (AvgIpc) is 3.30. The number of carbonyl (C=O) groups is 4. The highest BCUT2D eigenvalue weighted by molar-refractivity contribution is 6.01. The van der Waals surface area contributed by atoms with Gasteiger partial charge in [0.1, 0.15) is 22.8 Å². The molecule has 0 aliphatic heterocycles. The van der Waals surface area contributed by atoms with Gasteiger partial charge in [-0.25, -0.2) is 9.97 Å². The summed E-state index contributed by atoms with van der Waals surface area (Å²) in [6.07, 6.45) is 5.21. The third-order valence-corrected chi connectivity index (χ3v) is 8.88. The van der Waals surface area contributed by atoms with Crippen molar-refractivity contribution in [1.29, 1.82) is 0 Å². The fourth-order valence-corrected chi connectivity index (χ4v) is 5.72. The highest BCUT2D eigenvalue weighted by Crippen LogP contribution is 2.25. The molecule has 7 rings (SSSR count). The van der Waals surface area contributed by atoms with Gasteiger partial charge in [0.05, 0.1) is 0 Å². The van der Waals surface area contributed by atoms with E-state index in [-0.39, 0.29) is 34.7 Å². The number of nitrogens with one attached hydrogen (secondary N) is 7. The van der Waals surface area contributed by atoms with E-state index in [1.165, 1.54) is 24.5 Å². The Bertz CT molecular complexity index is 2770. The third kappa shape index (κ3) is 13.2. The van der Waals surface area contributed by atoms with E-state index in [1.54, 1.807) is 42.5 Å². The van der Waals surface area contributed by atoms with Crippen LogP contribution in [0.15, 0.2) is 171 Å². The predicted octanol–water partition coefficient (Wildman–Crippen LogP) is 8.51. The van der Waals surface area contributed by atoms with E-state index in [0.717, 1.165) is 22.5 Å². The number of hydrogen-bond donors (Lipinski definition) is 8. The van der Waals surface area contributed by atoms with Crippen LogP contribution in [0.3, 0.4) is 0 Å². The molecule has 0 bridgehead atoms. The number of primary amides is 1. The van der Waals surface area contributed by atoms with Gasteiger partial charge in [-0.2, -0.15) is 9.97 Å². The second-order valence-electron chi connectivity index (χ2n) is 13.7. The first-order chi connectivity index (χ1) is 31.0. The molecule has 0 spiro atoms. The van der Waals surface area contributed by atoms with Gasteiger partial charge in [-0.15, -0.1) is 0 Å². The number of anilines is 10. The molecule has 320 valence electrons. The number of benzene rings is 5. The van der Waals surface area contributed by atoms with Gasteiger partial charge in [0.15, 0.2) is 0 Å². The minimum Gasteiger partial charge on any atom is -0.365 e. The lowest BCUT2D eigenvalue weighted by atomic mass is 10.1. The largest absolute Gasteiger partial charge is 0.365 e. The Morgan fingerprint density at radius 2 is 0.984 bits per heavy atom. The number of aryl methyl sites for hydroxylation is 1. The van der Waals surface area contributed by atoms with Crippen molar-refractivity contribution < 1.29 is 19.2 Å². The standard InChI is InChI=1S/C28H26N6O2.C20H18N6O2/c1-3-25(35)31-22-10-7-11-23(16-22)32-26-24(27(36)29-17-20-14-12-19(2)13-15-20)18-30-28(34-26)33-21-8-5-4-6-9-21;1-2-17(27)23-14-9-6-10-15(11-14)24-19-16(18(21)28)12-22-20(26-19)25-13-7-4-3-5-8-13/h3-16,18H,1,17H2,2H3,(H,29,36)(H,31,35)(H2,30,32,33,34);2-12H,1H2,(H2,21,28)(H,23,27)(H2,22,24,25,26). The van der Waals surface area contributed by atoms with Crippen molar-refractivity contribution in [3.8, 4) is 0 Å². The summed E-state index contributed by atoms with van der Waals surface area (Å²) in [6.45, 7) is 9.27. The normalized spacial score (nSPS) is 10.1. The zero-order chi connectivity index (χ0) is 45.3. The molecule has 4 amide bonds. The first kappa shape index (κ1) is 44.4. The molecule has 16 nitrogen and oxygen atoms in total. The number of aromatic nitrogens is 4. The number of hydrogen-bond acceptors (Lipinski definition) is 12. The van der Waals surface area contributed by atoms with E-state index in [0.29, 0.717) is 47.0 Å². The Morgan fingerprint density at radius 1 is 0.547 bits per heavy atom. The van der Waals surface area contributed by atoms with E-state index < -0.39 is 5.91 Å². The van der Waals surface area contributed by atoms with Crippen molar-refractivity contribution in [3.63, 3.8) is 0 Å². The quantitative estimate of drug-likeness (QED) is 0.0428. The Balaban J connectivity index is 0.000000219. The van der Waals surface area contributed by atoms with Gasteiger partial charge in [-0.1, -0.05) is 91.5 Å². The van der Waals surface area contributed by atoms with Crippen molar-refractivity contribution in [3.05, 3.63) is 193 Å². The van der Waals surface area contributed by atoms with Crippen LogP contribution >= 0.6 is 0 Å². The lowest BCUT2D eigenvalue weighted by Crippen LogP contribution is -2.24. The number of amides is 4. The molecule has 0 unspecified atom stereocenters. The van der Waals surface area contributed by atoms with Crippen LogP contribution in [-0.4, -0.2) is 43.6 Å². The predicted molar refractivity (Wildman–Crippen MR) is 251 cm³/mol. The van der Waals surface area contributed by atoms with Gasteiger partial charge < -0.3 is 43.0 Å². The molecule has 0 saturated carbocycles. The smallest absolute Gasteiger partial charge is 0.256 e. The van der Waals surface area contributed by atoms with Crippen LogP contribution in [0.4, 0.5) is 57.7 Å². The van der Waals surface area contributed by atoms with Gasteiger partial charge in [-0.3, -0.25) is 19.2 Å². The van der Waals surface area contributed by atoms with Gasteiger partial charge in [-0.05, 0) is 85.3 Å². The monoisotopic (exact) mass is 852 g/mol. The minimum absolute atomic E-state index is 0.138. The molecular formula is C48H44N12O4. The molecule has 64 heavy (non-hydrogen) atoms. The topological polar surface area (TPSA) is 230 Å². The van der Waals surface area contributed by atoms with Crippen molar-refractivity contribution in [2.24, 2.45) is 5.73 Å². The number of carbonyl (C=O) groups excluding carboxylic acids is 4. The Labute approximate surface area is 369 Å². The van der Waals surface area contributed by atoms with E-state index in [1.807, 2.05) is 97.9 Å². The summed E-state index contributed by atoms with van der Waals surface area (Å²) < 4.78 is 0. The first-order valence-electron chi connectivity index (χ1n) is 19.7. The van der Waals surface area contributed by atoms with Crippen LogP contribution in [0.5, 0.6) is 0 Å². The molecule has 2 heterocycles. The summed E-state index contributed by atoms with van der Waals surface area (Å²) >= 11 is 0. The third-order valence-electron chi connectivity index (χ3n) is 8.88. The van der Waals surface area contributed by atoms with Crippen LogP contribution in [-0.2, 0) is 16.1 Å². The summed E-state index contributed by atoms with van der Waals surface area (Å²) in [6, 6.07) is 40.8. The lowest BCUT2D eigenvalue weighted by Gasteiger charge is -2.14. The summed E-state index contributed by atoms with van der Waals surface area (Å²) in [5.74, 6) is -0.439. The maximum Gasteiger partial charge on any atom is 0.256 e. The highest BCUT2D eigenvalue weighted by Gasteiger charge is 2.17. The second-order valence-corrected chi connectivity index (χ2v) is 13.7. The van der Waals surface area contributed by atoms with E-state index in [2.05, 4.69) is 70.3 Å². The van der Waals surface area contributed by atoms with Gasteiger partial charge in [0.25, 0.3) is 11.8 Å². The lowest BCUT2D eigenvalue weighted by molar-refractivity contribution is -0.112. The molecule has 0 aliphatic carbocycles. The zero-order valence-electron chi connectivity index (χ0n) is 34.6. The molecule has 0 atom stereocenters. The average molecular weight is 853 g/mol. The fraction of sp³-hybridized carbons (Fsp3) is 0.0417. The van der Waals surface area contributed by atoms with Crippen LogP contribution in [0.2, 0.25) is 0 Å². The van der Waals surface area contributed by atoms with Crippen molar-refractivity contribution >= 4 is 81.3 Å². The van der Waals surface area contributed by atoms with Gasteiger partial charge in [0, 0.05) is 53.1 Å². The fourth-order valence-electron chi connectivity index (χ4n) is 5.72. The summed E-state index contributed by atoms with van der Waals surface area (Å²) in [5.41, 5.74) is 12.0. The molecule has 0 fully saturated rings. The van der Waals surface area contributed by atoms with Gasteiger partial charge >= 0.3 is 0 Å². The molecule has 0 aliphatic rings. The SMILES string of the molecule is C=CC(=O)Nc1cccc(Nc2nc(Nc3ccccc3)ncc2C(=O)NCc2ccc(C)cc2)c1.C=CC(=O)Nc1cccc(Nc2nc(Nc3ccccc3)ncc2C(N)=O)c1. The zero-order valence-corrected chi connectivity index (χ0v) is 34.6. The van der Waals surface area contributed by atoms with E-state index >= 15 is 0 Å². The Morgan fingerprint density at radius 3 is 1.45 bits per heavy atom. The number of nitrogens with two attached hydrogens (primary N) is 1. The van der Waals surface area contributed by atoms with Crippen LogP contribution in [0, 0.1) is 6.92 Å². The maximum absolute atomic E-state index is 13.1. The van der Waals surface area contributed by atoms with Gasteiger partial charge in [0.2, 0.25) is 23.7 Å². The van der Waals surface area contributed by atoms with Crippen LogP contribution in [0.25, 0.3) is 0 Å². The number of para-hydroxylation sites is 2. The summed E-state index contributed by atoms with van der Waals surface area (Å²) in [7, 11) is 0. The van der Waals surface area contributed by atoms with E-state index in [4.69, 9.17) is 5.73 Å².